The number of likely N-dealkylation sites (N-methyl/N-ethyl adjacent to an activating group) is 1. The summed E-state index contributed by atoms with van der Waals surface area (Å²) in [5, 5.41) is 18.1. The number of hydrogen-bond donors (Lipinski definition) is 1. The van der Waals surface area contributed by atoms with Crippen LogP contribution in [0.3, 0.4) is 0 Å². The maximum Gasteiger partial charge on any atom is 0.0992 e. The summed E-state index contributed by atoms with van der Waals surface area (Å²) < 4.78 is 0.857. The Hall–Kier alpha value is -1.05. The molecule has 0 unspecified atom stereocenters. The molecule has 1 N–H and O–H groups in total. The lowest BCUT2D eigenvalue weighted by molar-refractivity contribution is 0.216. The molecule has 0 aliphatic carbocycles. The molecule has 4 heteroatoms. The van der Waals surface area contributed by atoms with E-state index in [0.717, 1.165) is 10.2 Å². The fourth-order valence-corrected chi connectivity index (χ4v) is 1.93. The SMILES string of the molecule is CN(c1ccc(C#N)cc1Br)C(C)(C)CO. The Morgan fingerprint density at radius 3 is 2.56 bits per heavy atom. The molecular weight excluding hydrogens is 268 g/mol. The Kier molecular flexibility index (Phi) is 3.95. The first-order chi connectivity index (χ1) is 7.42. The molecule has 0 bridgehead atoms. The van der Waals surface area contributed by atoms with Crippen LogP contribution in [0.15, 0.2) is 22.7 Å². The number of halogens is 1. The molecule has 1 rings (SSSR count). The van der Waals surface area contributed by atoms with Crippen LogP contribution in [0.5, 0.6) is 0 Å². The number of rotatable bonds is 3. The van der Waals surface area contributed by atoms with Crippen molar-refractivity contribution < 1.29 is 5.11 Å². The van der Waals surface area contributed by atoms with E-state index >= 15 is 0 Å². The van der Waals surface area contributed by atoms with Gasteiger partial charge in [0.05, 0.1) is 29.5 Å². The van der Waals surface area contributed by atoms with E-state index in [1.165, 1.54) is 0 Å². The number of anilines is 1. The third kappa shape index (κ3) is 2.55. The van der Waals surface area contributed by atoms with Crippen molar-refractivity contribution in [3.8, 4) is 6.07 Å². The van der Waals surface area contributed by atoms with E-state index in [9.17, 15) is 5.11 Å². The van der Waals surface area contributed by atoms with Gasteiger partial charge in [-0.25, -0.2) is 0 Å². The minimum Gasteiger partial charge on any atom is -0.394 e. The zero-order valence-corrected chi connectivity index (χ0v) is 11.2. The van der Waals surface area contributed by atoms with Crippen LogP contribution in [0.25, 0.3) is 0 Å². The van der Waals surface area contributed by atoms with Crippen LogP contribution in [0.1, 0.15) is 19.4 Å². The Labute approximate surface area is 104 Å². The topological polar surface area (TPSA) is 47.3 Å². The molecule has 0 saturated heterocycles. The Morgan fingerprint density at radius 2 is 2.12 bits per heavy atom. The van der Waals surface area contributed by atoms with Crippen LogP contribution in [0.2, 0.25) is 0 Å². The minimum atomic E-state index is -0.337. The van der Waals surface area contributed by atoms with Gasteiger partial charge in [-0.2, -0.15) is 5.26 Å². The van der Waals surface area contributed by atoms with Gasteiger partial charge in [-0.1, -0.05) is 0 Å². The molecule has 0 aromatic heterocycles. The average Bonchev–Trinajstić information content (AvgIpc) is 2.28. The highest BCUT2D eigenvalue weighted by molar-refractivity contribution is 9.10. The van der Waals surface area contributed by atoms with Crippen LogP contribution in [0.4, 0.5) is 5.69 Å². The quantitative estimate of drug-likeness (QED) is 0.927. The van der Waals surface area contributed by atoms with Crippen molar-refractivity contribution in [2.24, 2.45) is 0 Å². The van der Waals surface area contributed by atoms with Gasteiger partial charge in [-0.15, -0.1) is 0 Å². The number of nitrogens with zero attached hydrogens (tertiary/aromatic N) is 2. The molecule has 86 valence electrons. The number of aliphatic hydroxyl groups is 1. The molecule has 0 atom stereocenters. The summed E-state index contributed by atoms with van der Waals surface area (Å²) in [5.74, 6) is 0. The third-order valence-electron chi connectivity index (χ3n) is 2.73. The highest BCUT2D eigenvalue weighted by Crippen LogP contribution is 2.30. The predicted molar refractivity (Wildman–Crippen MR) is 68.4 cm³/mol. The molecular formula is C12H15BrN2O. The fourth-order valence-electron chi connectivity index (χ4n) is 1.28. The average molecular weight is 283 g/mol. The second-order valence-electron chi connectivity index (χ2n) is 4.31. The number of benzene rings is 1. The first kappa shape index (κ1) is 13.0. The fraction of sp³-hybridized carbons (Fsp3) is 0.417. The third-order valence-corrected chi connectivity index (χ3v) is 3.37. The van der Waals surface area contributed by atoms with Crippen molar-refractivity contribution in [2.45, 2.75) is 19.4 Å². The maximum absolute atomic E-state index is 9.31. The minimum absolute atomic E-state index is 0.0654. The van der Waals surface area contributed by atoms with Crippen molar-refractivity contribution >= 4 is 21.6 Å². The molecule has 16 heavy (non-hydrogen) atoms. The Balaban J connectivity index is 3.11. The second kappa shape index (κ2) is 4.86. The molecule has 0 aliphatic heterocycles. The summed E-state index contributed by atoms with van der Waals surface area (Å²) in [6.45, 7) is 3.98. The number of nitriles is 1. The van der Waals surface area contributed by atoms with Crippen LogP contribution in [-0.2, 0) is 0 Å². The van der Waals surface area contributed by atoms with Gasteiger partial charge in [0.15, 0.2) is 0 Å². The Bertz CT molecular complexity index is 424. The van der Waals surface area contributed by atoms with Gasteiger partial charge in [0, 0.05) is 11.5 Å². The van der Waals surface area contributed by atoms with Gasteiger partial charge in [0.2, 0.25) is 0 Å². The van der Waals surface area contributed by atoms with Gasteiger partial charge in [-0.3, -0.25) is 0 Å². The van der Waals surface area contributed by atoms with E-state index in [0.29, 0.717) is 5.56 Å². The van der Waals surface area contributed by atoms with Gasteiger partial charge in [0.25, 0.3) is 0 Å². The molecule has 0 aliphatic rings. The lowest BCUT2D eigenvalue weighted by Gasteiger charge is -2.36. The number of hydrogen-bond acceptors (Lipinski definition) is 3. The van der Waals surface area contributed by atoms with E-state index in [4.69, 9.17) is 5.26 Å². The monoisotopic (exact) mass is 282 g/mol. The molecule has 0 fully saturated rings. The van der Waals surface area contributed by atoms with E-state index in [1.807, 2.05) is 31.9 Å². The van der Waals surface area contributed by atoms with Gasteiger partial charge >= 0.3 is 0 Å². The van der Waals surface area contributed by atoms with Crippen LogP contribution in [0, 0.1) is 11.3 Å². The summed E-state index contributed by atoms with van der Waals surface area (Å²) in [5.41, 5.74) is 1.24. The standard InChI is InChI=1S/C12H15BrN2O/c1-12(2,8-16)15(3)11-5-4-9(7-14)6-10(11)13/h4-6,16H,8H2,1-3H3. The predicted octanol–water partition coefficient (Wildman–Crippen LogP) is 2.53. The summed E-state index contributed by atoms with van der Waals surface area (Å²) in [6.07, 6.45) is 0. The van der Waals surface area contributed by atoms with Gasteiger partial charge in [0.1, 0.15) is 0 Å². The summed E-state index contributed by atoms with van der Waals surface area (Å²) in [7, 11) is 1.92. The summed E-state index contributed by atoms with van der Waals surface area (Å²) >= 11 is 3.44. The van der Waals surface area contributed by atoms with E-state index in [1.54, 1.807) is 12.1 Å². The summed E-state index contributed by atoms with van der Waals surface area (Å²) in [4.78, 5) is 1.98. The first-order valence-electron chi connectivity index (χ1n) is 4.96. The molecule has 0 saturated carbocycles. The van der Waals surface area contributed by atoms with E-state index in [2.05, 4.69) is 22.0 Å². The zero-order chi connectivity index (χ0) is 12.3. The maximum atomic E-state index is 9.31. The smallest absolute Gasteiger partial charge is 0.0992 e. The first-order valence-corrected chi connectivity index (χ1v) is 5.76. The normalized spacial score (nSPS) is 11.0. The highest BCUT2D eigenvalue weighted by atomic mass is 79.9. The largest absolute Gasteiger partial charge is 0.394 e. The number of aliphatic hydroxyl groups excluding tert-OH is 1. The van der Waals surface area contributed by atoms with Crippen LogP contribution in [-0.4, -0.2) is 24.3 Å². The lowest BCUT2D eigenvalue weighted by atomic mass is 10.0. The Morgan fingerprint density at radius 1 is 1.50 bits per heavy atom. The van der Waals surface area contributed by atoms with E-state index in [-0.39, 0.29) is 12.1 Å². The molecule has 0 radical (unpaired) electrons. The van der Waals surface area contributed by atoms with Gasteiger partial charge < -0.3 is 10.0 Å². The molecule has 3 nitrogen and oxygen atoms in total. The molecule has 0 amide bonds. The lowest BCUT2D eigenvalue weighted by Crippen LogP contribution is -2.44. The second-order valence-corrected chi connectivity index (χ2v) is 5.16. The molecule has 0 heterocycles. The van der Waals surface area contributed by atoms with Crippen molar-refractivity contribution in [3.63, 3.8) is 0 Å². The van der Waals surface area contributed by atoms with Crippen LogP contribution >= 0.6 is 15.9 Å². The molecule has 1 aromatic rings. The zero-order valence-electron chi connectivity index (χ0n) is 9.66. The summed E-state index contributed by atoms with van der Waals surface area (Å²) in [6, 6.07) is 7.51. The van der Waals surface area contributed by atoms with Crippen molar-refractivity contribution in [1.29, 1.82) is 5.26 Å². The van der Waals surface area contributed by atoms with Crippen molar-refractivity contribution in [2.75, 3.05) is 18.6 Å². The highest BCUT2D eigenvalue weighted by Gasteiger charge is 2.24. The van der Waals surface area contributed by atoms with Crippen LogP contribution < -0.4 is 4.90 Å². The van der Waals surface area contributed by atoms with Gasteiger partial charge in [-0.05, 0) is 48.0 Å². The molecule has 1 aromatic carbocycles. The van der Waals surface area contributed by atoms with Crippen molar-refractivity contribution in [3.05, 3.63) is 28.2 Å². The van der Waals surface area contributed by atoms with E-state index < -0.39 is 0 Å². The van der Waals surface area contributed by atoms with Crippen molar-refractivity contribution in [1.82, 2.24) is 0 Å². The molecule has 0 spiro atoms.